The highest BCUT2D eigenvalue weighted by Crippen LogP contribution is 2.23. The molecule has 0 fully saturated rings. The second-order valence-electron chi connectivity index (χ2n) is 6.51. The van der Waals surface area contributed by atoms with Crippen LogP contribution in [0.4, 0.5) is 0 Å². The molecule has 2 aromatic rings. The van der Waals surface area contributed by atoms with Crippen molar-refractivity contribution in [3.8, 4) is 11.3 Å². The molecule has 0 amide bonds. The molecule has 0 saturated heterocycles. The van der Waals surface area contributed by atoms with Crippen LogP contribution in [0.3, 0.4) is 0 Å². The van der Waals surface area contributed by atoms with E-state index in [0.717, 1.165) is 30.2 Å². The van der Waals surface area contributed by atoms with Gasteiger partial charge in [0.15, 0.2) is 0 Å². The van der Waals surface area contributed by atoms with E-state index in [1.165, 1.54) is 38.5 Å². The van der Waals surface area contributed by atoms with Gasteiger partial charge < -0.3 is 14.5 Å². The van der Waals surface area contributed by atoms with Crippen LogP contribution in [0.5, 0.6) is 0 Å². The first kappa shape index (κ1) is 20.2. The number of furan rings is 1. The third kappa shape index (κ3) is 6.68. The average Bonchev–Trinajstić information content (AvgIpc) is 3.13. The summed E-state index contributed by atoms with van der Waals surface area (Å²) in [6, 6.07) is 11.3. The number of unbranched alkanes of at least 4 members (excludes halogenated alkanes) is 5. The van der Waals surface area contributed by atoms with E-state index in [9.17, 15) is 4.79 Å². The van der Waals surface area contributed by atoms with Crippen LogP contribution >= 0.6 is 0 Å². The highest BCUT2D eigenvalue weighted by molar-refractivity contribution is 5.89. The Kier molecular flexibility index (Phi) is 8.98. The maximum Gasteiger partial charge on any atom is 0.338 e. The SMILES string of the molecule is CCCCCCCCNCc1ccc(-c2ccc(C(=O)OCC)cc2)o1. The number of benzene rings is 1. The lowest BCUT2D eigenvalue weighted by molar-refractivity contribution is 0.0526. The van der Waals surface area contributed by atoms with E-state index >= 15 is 0 Å². The van der Waals surface area contributed by atoms with Gasteiger partial charge >= 0.3 is 5.97 Å². The van der Waals surface area contributed by atoms with E-state index in [1.807, 2.05) is 24.3 Å². The Morgan fingerprint density at radius 3 is 2.42 bits per heavy atom. The molecule has 142 valence electrons. The minimum atomic E-state index is -0.293. The van der Waals surface area contributed by atoms with Gasteiger partial charge in [-0.3, -0.25) is 0 Å². The average molecular weight is 357 g/mol. The van der Waals surface area contributed by atoms with Crippen molar-refractivity contribution in [2.45, 2.75) is 58.9 Å². The van der Waals surface area contributed by atoms with Crippen LogP contribution in [-0.2, 0) is 11.3 Å². The topological polar surface area (TPSA) is 51.5 Å². The lowest BCUT2D eigenvalue weighted by Crippen LogP contribution is -2.14. The van der Waals surface area contributed by atoms with Crippen molar-refractivity contribution in [2.75, 3.05) is 13.2 Å². The highest BCUT2D eigenvalue weighted by atomic mass is 16.5. The minimum absolute atomic E-state index is 0.293. The Balaban J connectivity index is 1.74. The van der Waals surface area contributed by atoms with E-state index in [-0.39, 0.29) is 5.97 Å². The van der Waals surface area contributed by atoms with Crippen molar-refractivity contribution in [1.29, 1.82) is 0 Å². The summed E-state index contributed by atoms with van der Waals surface area (Å²) in [5.74, 6) is 1.45. The maximum atomic E-state index is 11.7. The smallest absolute Gasteiger partial charge is 0.338 e. The summed E-state index contributed by atoms with van der Waals surface area (Å²) in [6.07, 6.45) is 7.85. The molecule has 2 rings (SSSR count). The van der Waals surface area contributed by atoms with Gasteiger partial charge in [0.1, 0.15) is 11.5 Å². The standard InChI is InChI=1S/C22H31NO3/c1-3-5-6-7-8-9-16-23-17-20-14-15-21(26-20)18-10-12-19(13-11-18)22(24)25-4-2/h10-15,23H,3-9,16-17H2,1-2H3. The first-order valence-electron chi connectivity index (χ1n) is 9.81. The minimum Gasteiger partial charge on any atom is -0.462 e. The van der Waals surface area contributed by atoms with Gasteiger partial charge in [-0.2, -0.15) is 0 Å². The Bertz CT molecular complexity index is 646. The highest BCUT2D eigenvalue weighted by Gasteiger charge is 2.08. The summed E-state index contributed by atoms with van der Waals surface area (Å²) >= 11 is 0. The van der Waals surface area contributed by atoms with E-state index in [4.69, 9.17) is 9.15 Å². The molecule has 0 spiro atoms. The van der Waals surface area contributed by atoms with Crippen molar-refractivity contribution in [2.24, 2.45) is 0 Å². The quantitative estimate of drug-likeness (QED) is 0.398. The number of hydrogen-bond acceptors (Lipinski definition) is 4. The van der Waals surface area contributed by atoms with Crippen LogP contribution in [0.15, 0.2) is 40.8 Å². The lowest BCUT2D eigenvalue weighted by Gasteiger charge is -2.04. The fourth-order valence-corrected chi connectivity index (χ4v) is 2.85. The zero-order valence-corrected chi connectivity index (χ0v) is 16.1. The zero-order chi connectivity index (χ0) is 18.6. The van der Waals surface area contributed by atoms with Crippen LogP contribution in [0.2, 0.25) is 0 Å². The molecule has 1 aromatic heterocycles. The molecule has 1 heterocycles. The molecule has 0 bridgehead atoms. The fraction of sp³-hybridized carbons (Fsp3) is 0.500. The molecule has 0 aliphatic rings. The van der Waals surface area contributed by atoms with Crippen molar-refractivity contribution in [1.82, 2.24) is 5.32 Å². The van der Waals surface area contributed by atoms with Crippen molar-refractivity contribution >= 4 is 5.97 Å². The summed E-state index contributed by atoms with van der Waals surface area (Å²) in [4.78, 5) is 11.7. The van der Waals surface area contributed by atoms with Crippen LogP contribution < -0.4 is 5.32 Å². The van der Waals surface area contributed by atoms with Gasteiger partial charge in [0.2, 0.25) is 0 Å². The number of esters is 1. The number of hydrogen-bond donors (Lipinski definition) is 1. The van der Waals surface area contributed by atoms with Crippen molar-refractivity contribution in [3.63, 3.8) is 0 Å². The molecular weight excluding hydrogens is 326 g/mol. The van der Waals surface area contributed by atoms with Crippen LogP contribution in [0, 0.1) is 0 Å². The molecule has 4 heteroatoms. The monoisotopic (exact) mass is 357 g/mol. The lowest BCUT2D eigenvalue weighted by atomic mass is 10.1. The summed E-state index contributed by atoms with van der Waals surface area (Å²) < 4.78 is 10.9. The molecule has 4 nitrogen and oxygen atoms in total. The number of carbonyl (C=O) groups excluding carboxylic acids is 1. The Morgan fingerprint density at radius 1 is 0.962 bits per heavy atom. The van der Waals surface area contributed by atoms with E-state index < -0.39 is 0 Å². The molecule has 1 aromatic carbocycles. The Morgan fingerprint density at radius 2 is 1.69 bits per heavy atom. The van der Waals surface area contributed by atoms with Gasteiger partial charge in [-0.15, -0.1) is 0 Å². The van der Waals surface area contributed by atoms with E-state index in [0.29, 0.717) is 12.2 Å². The normalized spacial score (nSPS) is 10.8. The number of rotatable bonds is 12. The molecular formula is C22H31NO3. The molecule has 0 radical (unpaired) electrons. The fourth-order valence-electron chi connectivity index (χ4n) is 2.85. The van der Waals surface area contributed by atoms with E-state index in [1.54, 1.807) is 19.1 Å². The van der Waals surface area contributed by atoms with Crippen molar-refractivity contribution in [3.05, 3.63) is 47.7 Å². The van der Waals surface area contributed by atoms with Gasteiger partial charge in [-0.25, -0.2) is 4.79 Å². The number of ether oxygens (including phenoxy) is 1. The van der Waals surface area contributed by atoms with Gasteiger partial charge in [0, 0.05) is 5.56 Å². The first-order chi connectivity index (χ1) is 12.7. The Hall–Kier alpha value is -2.07. The first-order valence-corrected chi connectivity index (χ1v) is 9.81. The van der Waals surface area contributed by atoms with Gasteiger partial charge in [-0.1, -0.05) is 51.2 Å². The third-order valence-corrected chi connectivity index (χ3v) is 4.35. The summed E-state index contributed by atoms with van der Waals surface area (Å²) in [5.41, 5.74) is 1.52. The predicted molar refractivity (Wildman–Crippen MR) is 105 cm³/mol. The Labute approximate surface area is 156 Å². The second kappa shape index (κ2) is 11.5. The van der Waals surface area contributed by atoms with Crippen LogP contribution in [0.1, 0.15) is 68.5 Å². The number of nitrogens with one attached hydrogen (secondary N) is 1. The molecule has 26 heavy (non-hydrogen) atoms. The number of carbonyl (C=O) groups is 1. The van der Waals surface area contributed by atoms with Gasteiger partial charge in [-0.05, 0) is 44.2 Å². The second-order valence-corrected chi connectivity index (χ2v) is 6.51. The van der Waals surface area contributed by atoms with Crippen LogP contribution in [-0.4, -0.2) is 19.1 Å². The largest absolute Gasteiger partial charge is 0.462 e. The van der Waals surface area contributed by atoms with Gasteiger partial charge in [0.05, 0.1) is 18.7 Å². The summed E-state index contributed by atoms with van der Waals surface area (Å²) in [6.45, 7) is 6.20. The predicted octanol–water partition coefficient (Wildman–Crippen LogP) is 5.57. The van der Waals surface area contributed by atoms with Crippen molar-refractivity contribution < 1.29 is 13.9 Å². The van der Waals surface area contributed by atoms with E-state index in [2.05, 4.69) is 12.2 Å². The van der Waals surface area contributed by atoms with Gasteiger partial charge in [0.25, 0.3) is 0 Å². The summed E-state index contributed by atoms with van der Waals surface area (Å²) in [5, 5.41) is 3.44. The van der Waals surface area contributed by atoms with Crippen LogP contribution in [0.25, 0.3) is 11.3 Å². The molecule has 0 aliphatic carbocycles. The molecule has 0 aliphatic heterocycles. The summed E-state index contributed by atoms with van der Waals surface area (Å²) in [7, 11) is 0. The molecule has 1 N–H and O–H groups in total. The molecule has 0 unspecified atom stereocenters. The molecule has 0 atom stereocenters. The third-order valence-electron chi connectivity index (χ3n) is 4.35. The molecule has 0 saturated carbocycles. The maximum absolute atomic E-state index is 11.7. The zero-order valence-electron chi connectivity index (χ0n) is 16.1.